The molecule has 4 unspecified atom stereocenters. The molecule has 2 aromatic heterocycles. The van der Waals surface area contributed by atoms with Crippen LogP contribution in [0.5, 0.6) is 0 Å². The van der Waals surface area contributed by atoms with Crippen LogP contribution >= 0.6 is 0 Å². The van der Waals surface area contributed by atoms with E-state index >= 15 is 0 Å². The zero-order valence-electron chi connectivity index (χ0n) is 11.7. The normalized spacial score (nSPS) is 28.3. The molecule has 7 nitrogen and oxygen atoms in total. The van der Waals surface area contributed by atoms with Gasteiger partial charge in [-0.05, 0) is 0 Å². The number of allylic oxidation sites excluding steroid dienone is 1. The van der Waals surface area contributed by atoms with Crippen LogP contribution in [0.1, 0.15) is 6.23 Å². The summed E-state index contributed by atoms with van der Waals surface area (Å²) < 4.78 is 8.19. The van der Waals surface area contributed by atoms with Crippen LogP contribution in [0.3, 0.4) is 0 Å². The van der Waals surface area contributed by atoms with Crippen LogP contribution in [0.15, 0.2) is 31.2 Å². The van der Waals surface area contributed by atoms with Gasteiger partial charge in [-0.3, -0.25) is 0 Å². The molecule has 2 aromatic rings. The number of aliphatic hydroxyl groups is 3. The Balaban J connectivity index is 1.97. The van der Waals surface area contributed by atoms with Gasteiger partial charge in [-0.1, -0.05) is 0 Å². The van der Waals surface area contributed by atoms with Crippen LogP contribution in [-0.4, -0.2) is 69.7 Å². The van der Waals surface area contributed by atoms with Gasteiger partial charge in [0.2, 0.25) is 0 Å². The molecule has 1 fully saturated rings. The van der Waals surface area contributed by atoms with Gasteiger partial charge in [0.05, 0.1) is 0 Å². The fraction of sp³-hybridized carbons (Fsp3) is 0.429. The van der Waals surface area contributed by atoms with Crippen molar-refractivity contribution in [3.05, 3.63) is 31.2 Å². The van der Waals surface area contributed by atoms with E-state index in [1.165, 1.54) is 6.33 Å². The fourth-order valence-corrected chi connectivity index (χ4v) is 4.01. The molecule has 0 aromatic carbocycles. The number of hydrogen-bond donors (Lipinski definition) is 3. The number of nitrogens with zero attached hydrogens (tertiary/aromatic N) is 3. The summed E-state index contributed by atoms with van der Waals surface area (Å²) in [4.78, 5) is 8.58. The molecule has 0 saturated carbocycles. The van der Waals surface area contributed by atoms with Crippen molar-refractivity contribution in [1.29, 1.82) is 0 Å². The Morgan fingerprint density at radius 1 is 1.36 bits per heavy atom. The molecule has 3 heterocycles. The van der Waals surface area contributed by atoms with Crippen molar-refractivity contribution in [3.8, 4) is 0 Å². The molecule has 4 atom stereocenters. The first kappa shape index (κ1) is 15.6. The molecule has 0 bridgehead atoms. The average Bonchev–Trinajstić information content (AvgIpc) is 3.08. The average molecular weight is 370 g/mol. The number of rotatable bonds is 5. The maximum absolute atomic E-state index is 10.1. The molecule has 0 amide bonds. The van der Waals surface area contributed by atoms with E-state index in [0.29, 0.717) is 5.65 Å². The van der Waals surface area contributed by atoms with Gasteiger partial charge in [-0.25, -0.2) is 0 Å². The van der Waals surface area contributed by atoms with E-state index < -0.39 is 24.5 Å². The third kappa shape index (κ3) is 2.58. The third-order valence-corrected chi connectivity index (χ3v) is 5.70. The third-order valence-electron chi connectivity index (χ3n) is 3.60. The monoisotopic (exact) mass is 371 g/mol. The quantitative estimate of drug-likeness (QED) is 0.460. The number of aromatic nitrogens is 3. The van der Waals surface area contributed by atoms with Gasteiger partial charge >= 0.3 is 133 Å². The molecule has 0 spiro atoms. The fourth-order valence-electron chi connectivity index (χ4n) is 2.52. The van der Waals surface area contributed by atoms with Crippen LogP contribution in [0, 0.1) is 0 Å². The van der Waals surface area contributed by atoms with Gasteiger partial charge in [0, 0.05) is 0 Å². The predicted molar refractivity (Wildman–Crippen MR) is 80.9 cm³/mol. The number of aliphatic hydroxyl groups excluding tert-OH is 3. The Bertz CT molecular complexity index is 677. The van der Waals surface area contributed by atoms with E-state index in [1.54, 1.807) is 10.8 Å². The Morgan fingerprint density at radius 3 is 2.86 bits per heavy atom. The van der Waals surface area contributed by atoms with E-state index in [4.69, 9.17) is 4.74 Å². The molecule has 1 aliphatic rings. The van der Waals surface area contributed by atoms with E-state index in [2.05, 4.69) is 16.5 Å². The Hall–Kier alpha value is -1.28. The van der Waals surface area contributed by atoms with Crippen molar-refractivity contribution in [2.45, 2.75) is 29.9 Å². The van der Waals surface area contributed by atoms with Crippen molar-refractivity contribution in [1.82, 2.24) is 14.5 Å². The Morgan fingerprint density at radius 2 is 2.18 bits per heavy atom. The minimum atomic E-state index is -1.13. The molecular weight excluding hydrogens is 353 g/mol. The van der Waals surface area contributed by atoms with Crippen molar-refractivity contribution >= 4 is 30.6 Å². The summed E-state index contributed by atoms with van der Waals surface area (Å²) in [6, 6.07) is 1.88. The summed E-state index contributed by atoms with van der Waals surface area (Å²) >= 11 is 0.164. The zero-order chi connectivity index (χ0) is 15.7. The summed E-state index contributed by atoms with van der Waals surface area (Å²) in [5, 5.41) is 31.0. The molecule has 22 heavy (non-hydrogen) atoms. The van der Waals surface area contributed by atoms with Crippen molar-refractivity contribution in [2.24, 2.45) is 0 Å². The van der Waals surface area contributed by atoms with E-state index in [-0.39, 0.29) is 21.6 Å². The van der Waals surface area contributed by atoms with Gasteiger partial charge in [-0.2, -0.15) is 0 Å². The van der Waals surface area contributed by atoms with Gasteiger partial charge in [-0.15, -0.1) is 0 Å². The summed E-state index contributed by atoms with van der Waals surface area (Å²) in [7, 11) is 0. The first-order valence-corrected chi connectivity index (χ1v) is 8.92. The van der Waals surface area contributed by atoms with Gasteiger partial charge in [0.25, 0.3) is 0 Å². The molecule has 0 radical (unpaired) electrons. The minimum absolute atomic E-state index is 0.164. The van der Waals surface area contributed by atoms with E-state index in [0.717, 1.165) is 15.3 Å². The molecule has 3 rings (SSSR count). The Labute approximate surface area is 133 Å². The summed E-state index contributed by atoms with van der Waals surface area (Å²) in [5.74, 6) is 0. The Kier molecular flexibility index (Phi) is 4.58. The van der Waals surface area contributed by atoms with Crippen LogP contribution in [0.4, 0.5) is 0 Å². The molecule has 118 valence electrons. The molecule has 1 aliphatic heterocycles. The first-order chi connectivity index (χ1) is 10.7. The topological polar surface area (TPSA) is 101 Å². The second kappa shape index (κ2) is 6.45. The molecule has 3 N–H and O–H groups in total. The van der Waals surface area contributed by atoms with Crippen LogP contribution in [0.2, 0.25) is 5.32 Å². The molecule has 0 aliphatic carbocycles. The number of hydrogen-bond acceptors (Lipinski definition) is 6. The number of ether oxygens (including phenoxy) is 1. The second-order valence-corrected chi connectivity index (χ2v) is 7.08. The molecule has 8 heteroatoms. The standard InChI is InChI=1S/C14H17N3O4Se/c1-2-5-22-13-8-3-4-17(12(8)15-7-16-13)14-11(20)10(19)9(6-18)21-14/h2-4,7,9-11,14,18-20H,1,5-6H2. The van der Waals surface area contributed by atoms with Crippen molar-refractivity contribution in [2.75, 3.05) is 6.61 Å². The summed E-state index contributed by atoms with van der Waals surface area (Å²) in [5.41, 5.74) is 0.644. The molecular formula is C14H17N3O4Se. The van der Waals surface area contributed by atoms with E-state index in [1.807, 2.05) is 12.1 Å². The summed E-state index contributed by atoms with van der Waals surface area (Å²) in [6.07, 6.45) is 1.27. The predicted octanol–water partition coefficient (Wildman–Crippen LogP) is -1.02. The number of fused-ring (bicyclic) bond motifs is 1. The van der Waals surface area contributed by atoms with Crippen molar-refractivity contribution in [3.63, 3.8) is 0 Å². The van der Waals surface area contributed by atoms with Crippen LogP contribution in [0.25, 0.3) is 11.0 Å². The van der Waals surface area contributed by atoms with E-state index in [9.17, 15) is 15.3 Å². The molecule has 1 saturated heterocycles. The maximum atomic E-state index is 10.1. The van der Waals surface area contributed by atoms with Gasteiger partial charge in [0.15, 0.2) is 0 Å². The van der Waals surface area contributed by atoms with Gasteiger partial charge in [0.1, 0.15) is 0 Å². The van der Waals surface area contributed by atoms with Gasteiger partial charge < -0.3 is 0 Å². The van der Waals surface area contributed by atoms with Crippen LogP contribution < -0.4 is 4.59 Å². The zero-order valence-corrected chi connectivity index (χ0v) is 13.5. The second-order valence-electron chi connectivity index (χ2n) is 4.97. The summed E-state index contributed by atoms with van der Waals surface area (Å²) in [6.45, 7) is 3.37. The van der Waals surface area contributed by atoms with Crippen molar-refractivity contribution < 1.29 is 20.1 Å². The SMILES string of the molecule is C=CC[Se]c1ncnc2c1ccn2C1OC(CO)C(O)C1O. The van der Waals surface area contributed by atoms with Crippen LogP contribution in [-0.2, 0) is 4.74 Å². The first-order valence-electron chi connectivity index (χ1n) is 6.85.